The lowest BCUT2D eigenvalue weighted by atomic mass is 9.55. The van der Waals surface area contributed by atoms with Crippen LogP contribution in [0, 0.1) is 6.92 Å². The van der Waals surface area contributed by atoms with Crippen molar-refractivity contribution >= 4 is 17.8 Å². The Bertz CT molecular complexity index is 536. The van der Waals surface area contributed by atoms with Gasteiger partial charge in [0, 0.05) is 13.2 Å². The van der Waals surface area contributed by atoms with E-state index in [0.29, 0.717) is 6.61 Å². The van der Waals surface area contributed by atoms with Crippen LogP contribution < -0.4 is 16.2 Å². The van der Waals surface area contributed by atoms with Crippen molar-refractivity contribution in [1.29, 1.82) is 0 Å². The molecule has 0 aliphatic heterocycles. The zero-order valence-electron chi connectivity index (χ0n) is 13.2. The van der Waals surface area contributed by atoms with Crippen LogP contribution in [0.3, 0.4) is 0 Å². The third-order valence-electron chi connectivity index (χ3n) is 3.71. The second-order valence-corrected chi connectivity index (χ2v) is 5.36. The first-order valence-corrected chi connectivity index (χ1v) is 7.66. The van der Waals surface area contributed by atoms with Crippen LogP contribution in [0.15, 0.2) is 48.5 Å². The first-order valence-electron chi connectivity index (χ1n) is 7.66. The third-order valence-corrected chi connectivity index (χ3v) is 3.71. The van der Waals surface area contributed by atoms with Crippen LogP contribution in [0.1, 0.15) is 18.1 Å². The highest BCUT2D eigenvalue weighted by Gasteiger charge is 2.20. The molecular weight excluding hydrogens is 257 g/mol. The van der Waals surface area contributed by atoms with E-state index in [2.05, 4.69) is 67.7 Å². The summed E-state index contributed by atoms with van der Waals surface area (Å²) in [5.74, 6) is 0. The summed E-state index contributed by atoms with van der Waals surface area (Å²) in [7, 11) is 1.94. The van der Waals surface area contributed by atoms with Crippen LogP contribution in [0.5, 0.6) is 0 Å². The average molecular weight is 281 g/mol. The fourth-order valence-electron chi connectivity index (χ4n) is 2.33. The summed E-state index contributed by atoms with van der Waals surface area (Å²) in [5.41, 5.74) is 5.05. The summed E-state index contributed by atoms with van der Waals surface area (Å²) in [6, 6.07) is 17.4. The summed E-state index contributed by atoms with van der Waals surface area (Å²) < 4.78 is 6.11. The van der Waals surface area contributed by atoms with E-state index in [1.807, 2.05) is 7.05 Å². The van der Waals surface area contributed by atoms with E-state index in [-0.39, 0.29) is 6.92 Å². The Hall–Kier alpha value is -1.58. The van der Waals surface area contributed by atoms with Crippen molar-refractivity contribution in [2.24, 2.45) is 0 Å². The summed E-state index contributed by atoms with van der Waals surface area (Å²) in [4.78, 5) is 0. The zero-order chi connectivity index (χ0) is 15.1. The molecule has 21 heavy (non-hydrogen) atoms. The number of likely N-dealkylation sites (N-methyl/N-ethyl adjacent to an activating group) is 1. The van der Waals surface area contributed by atoms with Crippen LogP contribution in [-0.2, 0) is 11.1 Å². The van der Waals surface area contributed by atoms with E-state index in [0.717, 1.165) is 13.0 Å². The number of hydrogen-bond donors (Lipinski definition) is 1. The molecule has 2 aromatic rings. The lowest BCUT2D eigenvalue weighted by molar-refractivity contribution is 0.333. The molecule has 2 nitrogen and oxygen atoms in total. The van der Waals surface area contributed by atoms with Crippen LogP contribution in [0.2, 0.25) is 0 Å². The summed E-state index contributed by atoms with van der Waals surface area (Å²) in [6.45, 7) is 5.84. The molecule has 1 N–H and O–H groups in total. The highest BCUT2D eigenvalue weighted by molar-refractivity contribution is 6.80. The number of hydrogen-bond acceptors (Lipinski definition) is 2. The zero-order valence-corrected chi connectivity index (χ0v) is 13.2. The molecule has 0 amide bonds. The van der Waals surface area contributed by atoms with E-state index >= 15 is 0 Å². The minimum atomic E-state index is 0.00450. The van der Waals surface area contributed by atoms with Gasteiger partial charge in [0.25, 0.3) is 0 Å². The van der Waals surface area contributed by atoms with Gasteiger partial charge in [0.1, 0.15) is 0 Å². The average Bonchev–Trinajstić information content (AvgIpc) is 2.53. The molecular formula is C18H24BNO. The predicted molar refractivity (Wildman–Crippen MR) is 91.9 cm³/mol. The molecule has 2 aromatic carbocycles. The second-order valence-electron chi connectivity index (χ2n) is 5.36. The fourth-order valence-corrected chi connectivity index (χ4v) is 2.33. The molecule has 0 radical (unpaired) electrons. The van der Waals surface area contributed by atoms with Crippen molar-refractivity contribution in [3.05, 3.63) is 59.7 Å². The third kappa shape index (κ3) is 4.45. The molecule has 0 saturated heterocycles. The Morgan fingerprint density at radius 2 is 1.52 bits per heavy atom. The van der Waals surface area contributed by atoms with Gasteiger partial charge >= 0.3 is 6.92 Å². The summed E-state index contributed by atoms with van der Waals surface area (Å²) in [5, 5.41) is 3.13. The van der Waals surface area contributed by atoms with Crippen molar-refractivity contribution in [1.82, 2.24) is 5.32 Å². The first-order chi connectivity index (χ1) is 10.2. The molecule has 0 aliphatic rings. The summed E-state index contributed by atoms with van der Waals surface area (Å²) in [6.07, 6.45) is 1.07. The SMILES string of the molecule is CCc1ccc(B(OCCNC)c2ccc(C)cc2)cc1. The smallest absolute Gasteiger partial charge is 0.361 e. The van der Waals surface area contributed by atoms with Gasteiger partial charge in [-0.1, -0.05) is 61.0 Å². The largest absolute Gasteiger partial charge is 0.426 e. The minimum Gasteiger partial charge on any atom is -0.426 e. The van der Waals surface area contributed by atoms with Gasteiger partial charge in [-0.2, -0.15) is 0 Å². The highest BCUT2D eigenvalue weighted by atomic mass is 16.4. The fraction of sp³-hybridized carbons (Fsp3) is 0.333. The lowest BCUT2D eigenvalue weighted by Crippen LogP contribution is -2.46. The Kier molecular flexibility index (Phi) is 6.03. The molecule has 3 heteroatoms. The van der Waals surface area contributed by atoms with Gasteiger partial charge in [0.2, 0.25) is 0 Å². The quantitative estimate of drug-likeness (QED) is 0.618. The van der Waals surface area contributed by atoms with Gasteiger partial charge in [-0.15, -0.1) is 0 Å². The molecule has 0 spiro atoms. The lowest BCUT2D eigenvalue weighted by Gasteiger charge is -2.16. The monoisotopic (exact) mass is 281 g/mol. The molecule has 2 rings (SSSR count). The maximum absolute atomic E-state index is 6.11. The molecule has 0 aromatic heterocycles. The van der Waals surface area contributed by atoms with Crippen molar-refractivity contribution < 1.29 is 4.65 Å². The van der Waals surface area contributed by atoms with Crippen molar-refractivity contribution in [3.63, 3.8) is 0 Å². The van der Waals surface area contributed by atoms with Gasteiger partial charge < -0.3 is 9.97 Å². The first kappa shape index (κ1) is 15.8. The number of rotatable bonds is 7. The number of nitrogens with one attached hydrogen (secondary N) is 1. The van der Waals surface area contributed by atoms with E-state index in [1.54, 1.807) is 0 Å². The molecule has 110 valence electrons. The Morgan fingerprint density at radius 3 is 2.05 bits per heavy atom. The topological polar surface area (TPSA) is 21.3 Å². The Morgan fingerprint density at radius 1 is 0.952 bits per heavy atom. The minimum absolute atomic E-state index is 0.00450. The standard InChI is InChI=1S/C18H24BNO/c1-4-16-7-11-18(12-8-16)19(21-14-13-20-3)17-9-5-15(2)6-10-17/h5-12,20H,4,13-14H2,1-3H3. The number of benzene rings is 2. The van der Waals surface area contributed by atoms with Crippen LogP contribution in [0.25, 0.3) is 0 Å². The van der Waals surface area contributed by atoms with Crippen LogP contribution in [-0.4, -0.2) is 27.1 Å². The molecule has 0 aliphatic carbocycles. The van der Waals surface area contributed by atoms with Gasteiger partial charge in [-0.05, 0) is 36.9 Å². The van der Waals surface area contributed by atoms with Gasteiger partial charge in [0.05, 0.1) is 0 Å². The van der Waals surface area contributed by atoms with Crippen LogP contribution in [0.4, 0.5) is 0 Å². The van der Waals surface area contributed by atoms with E-state index < -0.39 is 0 Å². The van der Waals surface area contributed by atoms with Crippen LogP contribution >= 0.6 is 0 Å². The maximum atomic E-state index is 6.11. The molecule has 0 atom stereocenters. The molecule has 0 unspecified atom stereocenters. The normalized spacial score (nSPS) is 10.6. The molecule has 0 fully saturated rings. The molecule has 0 bridgehead atoms. The van der Waals surface area contributed by atoms with Gasteiger partial charge in [-0.25, -0.2) is 0 Å². The van der Waals surface area contributed by atoms with Crippen molar-refractivity contribution in [2.45, 2.75) is 20.3 Å². The maximum Gasteiger partial charge on any atom is 0.361 e. The van der Waals surface area contributed by atoms with Crippen molar-refractivity contribution in [2.75, 3.05) is 20.2 Å². The second kappa shape index (κ2) is 8.01. The summed E-state index contributed by atoms with van der Waals surface area (Å²) >= 11 is 0. The van der Waals surface area contributed by atoms with Gasteiger partial charge in [-0.3, -0.25) is 0 Å². The highest BCUT2D eigenvalue weighted by Crippen LogP contribution is 2.01. The Labute approximate surface area is 128 Å². The molecule has 0 saturated carbocycles. The van der Waals surface area contributed by atoms with Crippen molar-refractivity contribution in [3.8, 4) is 0 Å². The van der Waals surface area contributed by atoms with E-state index in [1.165, 1.54) is 22.1 Å². The predicted octanol–water partition coefficient (Wildman–Crippen LogP) is 1.90. The number of aryl methyl sites for hydroxylation is 2. The molecule has 0 heterocycles. The Balaban J connectivity index is 2.23. The van der Waals surface area contributed by atoms with E-state index in [9.17, 15) is 0 Å². The van der Waals surface area contributed by atoms with Gasteiger partial charge in [0.15, 0.2) is 0 Å². The van der Waals surface area contributed by atoms with E-state index in [4.69, 9.17) is 4.65 Å².